The second-order valence-electron chi connectivity index (χ2n) is 5.99. The molecule has 1 unspecified atom stereocenters. The Morgan fingerprint density at radius 1 is 1.54 bits per heavy atom. The summed E-state index contributed by atoms with van der Waals surface area (Å²) in [6.45, 7) is 1.68. The van der Waals surface area contributed by atoms with E-state index >= 15 is 0 Å². The predicted octanol–water partition coefficient (Wildman–Crippen LogP) is 2.54. The van der Waals surface area contributed by atoms with Crippen molar-refractivity contribution in [1.82, 2.24) is 15.5 Å². The van der Waals surface area contributed by atoms with Gasteiger partial charge in [-0.05, 0) is 37.3 Å². The fourth-order valence-corrected chi connectivity index (χ4v) is 2.36. The molecule has 1 amide bonds. The van der Waals surface area contributed by atoms with Crippen molar-refractivity contribution in [3.05, 3.63) is 35.5 Å². The summed E-state index contributed by atoms with van der Waals surface area (Å²) in [5.41, 5.74) is 1.07. The van der Waals surface area contributed by atoms with Crippen LogP contribution in [0.25, 0.3) is 11.4 Å². The first-order valence-electron chi connectivity index (χ1n) is 7.85. The van der Waals surface area contributed by atoms with E-state index in [0.29, 0.717) is 17.0 Å². The second-order valence-corrected chi connectivity index (χ2v) is 5.99. The van der Waals surface area contributed by atoms with Crippen molar-refractivity contribution in [2.75, 3.05) is 0 Å². The van der Waals surface area contributed by atoms with Crippen LogP contribution in [0.15, 0.2) is 22.7 Å². The Hall–Kier alpha value is -2.75. The van der Waals surface area contributed by atoms with Crippen molar-refractivity contribution in [3.63, 3.8) is 0 Å². The van der Waals surface area contributed by atoms with Crippen LogP contribution >= 0.6 is 0 Å². The maximum atomic E-state index is 13.6. The van der Waals surface area contributed by atoms with Gasteiger partial charge in [-0.15, -0.1) is 0 Å². The first-order chi connectivity index (χ1) is 11.6. The van der Waals surface area contributed by atoms with E-state index in [-0.39, 0.29) is 36.3 Å². The molecule has 3 rings (SSSR count). The minimum absolute atomic E-state index is 0.162. The highest BCUT2D eigenvalue weighted by atomic mass is 19.1. The first kappa shape index (κ1) is 16.1. The van der Waals surface area contributed by atoms with Crippen LogP contribution in [0.2, 0.25) is 0 Å². The standard InChI is InChI=1S/C17H17FN4O2/c1-10-2-3-12(8-13(10)18)17-21-16(24-22-17)7-6-15(23)20-14(9-19)11-4-5-11/h2-3,8,11,14H,4-7H2,1H3,(H,20,23). The largest absolute Gasteiger partial charge is 0.340 e. The van der Waals surface area contributed by atoms with E-state index in [0.717, 1.165) is 12.8 Å². The lowest BCUT2D eigenvalue weighted by molar-refractivity contribution is -0.121. The number of nitrogens with zero attached hydrogens (tertiary/aromatic N) is 3. The smallest absolute Gasteiger partial charge is 0.227 e. The Bertz CT molecular complexity index is 792. The maximum Gasteiger partial charge on any atom is 0.227 e. The Kier molecular flexibility index (Phi) is 4.56. The molecule has 1 saturated carbocycles. The molecule has 0 aliphatic heterocycles. The Morgan fingerprint density at radius 2 is 2.33 bits per heavy atom. The summed E-state index contributed by atoms with van der Waals surface area (Å²) in [5.74, 6) is 0.332. The summed E-state index contributed by atoms with van der Waals surface area (Å²) in [4.78, 5) is 16.1. The molecule has 2 aromatic rings. The highest BCUT2D eigenvalue weighted by molar-refractivity contribution is 5.76. The molecule has 1 aromatic carbocycles. The second kappa shape index (κ2) is 6.79. The number of carbonyl (C=O) groups excluding carboxylic acids is 1. The monoisotopic (exact) mass is 328 g/mol. The van der Waals surface area contributed by atoms with Gasteiger partial charge in [0.1, 0.15) is 11.9 Å². The number of benzene rings is 1. The average molecular weight is 328 g/mol. The van der Waals surface area contributed by atoms with E-state index < -0.39 is 6.04 Å². The van der Waals surface area contributed by atoms with Gasteiger partial charge in [-0.3, -0.25) is 4.79 Å². The SMILES string of the molecule is Cc1ccc(-c2noc(CCC(=O)NC(C#N)C3CC3)n2)cc1F. The van der Waals surface area contributed by atoms with Gasteiger partial charge in [-0.2, -0.15) is 10.2 Å². The number of aryl methyl sites for hydroxylation is 2. The van der Waals surface area contributed by atoms with Gasteiger partial charge in [0.2, 0.25) is 17.6 Å². The van der Waals surface area contributed by atoms with Crippen LogP contribution in [0.3, 0.4) is 0 Å². The van der Waals surface area contributed by atoms with E-state index in [1.54, 1.807) is 19.1 Å². The first-order valence-corrected chi connectivity index (χ1v) is 7.85. The zero-order valence-corrected chi connectivity index (χ0v) is 13.3. The Balaban J connectivity index is 1.57. The number of amides is 1. The maximum absolute atomic E-state index is 13.6. The molecule has 24 heavy (non-hydrogen) atoms. The molecule has 0 radical (unpaired) electrons. The fraction of sp³-hybridized carbons (Fsp3) is 0.412. The lowest BCUT2D eigenvalue weighted by atomic mass is 10.1. The summed E-state index contributed by atoms with van der Waals surface area (Å²) < 4.78 is 18.7. The van der Waals surface area contributed by atoms with Crippen LogP contribution in [-0.4, -0.2) is 22.1 Å². The molecule has 1 N–H and O–H groups in total. The lowest BCUT2D eigenvalue weighted by Gasteiger charge is -2.09. The van der Waals surface area contributed by atoms with E-state index in [9.17, 15) is 9.18 Å². The van der Waals surface area contributed by atoms with Crippen molar-refractivity contribution in [3.8, 4) is 17.5 Å². The third kappa shape index (κ3) is 3.77. The minimum atomic E-state index is -0.411. The number of hydrogen-bond donors (Lipinski definition) is 1. The summed E-state index contributed by atoms with van der Waals surface area (Å²) in [6.07, 6.45) is 2.40. The van der Waals surface area contributed by atoms with Crippen LogP contribution in [0.4, 0.5) is 4.39 Å². The highest BCUT2D eigenvalue weighted by Gasteiger charge is 2.32. The van der Waals surface area contributed by atoms with Gasteiger partial charge in [0.15, 0.2) is 0 Å². The van der Waals surface area contributed by atoms with Gasteiger partial charge in [-0.25, -0.2) is 4.39 Å². The van der Waals surface area contributed by atoms with Crippen LogP contribution in [0, 0.1) is 30.0 Å². The van der Waals surface area contributed by atoms with Crippen molar-refractivity contribution < 1.29 is 13.7 Å². The van der Waals surface area contributed by atoms with E-state index in [2.05, 4.69) is 21.5 Å². The zero-order chi connectivity index (χ0) is 17.1. The highest BCUT2D eigenvalue weighted by Crippen LogP contribution is 2.32. The van der Waals surface area contributed by atoms with Crippen LogP contribution < -0.4 is 5.32 Å². The topological polar surface area (TPSA) is 91.8 Å². The summed E-state index contributed by atoms with van der Waals surface area (Å²) in [5, 5.41) is 15.5. The van der Waals surface area contributed by atoms with Crippen molar-refractivity contribution in [1.29, 1.82) is 5.26 Å². The molecular weight excluding hydrogens is 311 g/mol. The van der Waals surface area contributed by atoms with Crippen molar-refractivity contribution in [2.45, 2.75) is 38.6 Å². The van der Waals surface area contributed by atoms with Gasteiger partial charge >= 0.3 is 0 Å². The van der Waals surface area contributed by atoms with Crippen LogP contribution in [-0.2, 0) is 11.2 Å². The molecule has 124 valence electrons. The summed E-state index contributed by atoms with van der Waals surface area (Å²) >= 11 is 0. The molecule has 0 saturated heterocycles. The van der Waals surface area contributed by atoms with E-state index in [4.69, 9.17) is 9.78 Å². The Labute approximate surface area is 138 Å². The molecule has 1 fully saturated rings. The average Bonchev–Trinajstić information content (AvgIpc) is 3.31. The molecule has 1 heterocycles. The third-order valence-electron chi connectivity index (χ3n) is 4.01. The molecule has 6 nitrogen and oxygen atoms in total. The molecule has 0 spiro atoms. The van der Waals surface area contributed by atoms with Crippen LogP contribution in [0.5, 0.6) is 0 Å². The number of aromatic nitrogens is 2. The van der Waals surface area contributed by atoms with E-state index in [1.165, 1.54) is 6.07 Å². The number of nitriles is 1. The normalized spacial score (nSPS) is 14.9. The minimum Gasteiger partial charge on any atom is -0.340 e. The predicted molar refractivity (Wildman–Crippen MR) is 83.0 cm³/mol. The molecule has 1 aromatic heterocycles. The third-order valence-corrected chi connectivity index (χ3v) is 4.01. The summed E-state index contributed by atoms with van der Waals surface area (Å²) in [6, 6.07) is 6.41. The number of rotatable bonds is 6. The molecular formula is C17H17FN4O2. The number of halogens is 1. The lowest BCUT2D eigenvalue weighted by Crippen LogP contribution is -2.35. The van der Waals surface area contributed by atoms with Gasteiger partial charge < -0.3 is 9.84 Å². The number of carbonyl (C=O) groups is 1. The quantitative estimate of drug-likeness (QED) is 0.880. The fourth-order valence-electron chi connectivity index (χ4n) is 2.36. The van der Waals surface area contributed by atoms with Gasteiger partial charge in [0.05, 0.1) is 6.07 Å². The van der Waals surface area contributed by atoms with Crippen molar-refractivity contribution in [2.24, 2.45) is 5.92 Å². The number of hydrogen-bond acceptors (Lipinski definition) is 5. The van der Waals surface area contributed by atoms with Crippen LogP contribution in [0.1, 0.15) is 30.7 Å². The molecule has 1 atom stereocenters. The molecule has 1 aliphatic carbocycles. The van der Waals surface area contributed by atoms with Gasteiger partial charge in [0.25, 0.3) is 0 Å². The van der Waals surface area contributed by atoms with Gasteiger partial charge in [0, 0.05) is 18.4 Å². The Morgan fingerprint density at radius 3 is 3.00 bits per heavy atom. The zero-order valence-electron chi connectivity index (χ0n) is 13.3. The molecule has 1 aliphatic rings. The summed E-state index contributed by atoms with van der Waals surface area (Å²) in [7, 11) is 0. The molecule has 7 heteroatoms. The van der Waals surface area contributed by atoms with E-state index in [1.807, 2.05) is 0 Å². The van der Waals surface area contributed by atoms with Gasteiger partial charge in [-0.1, -0.05) is 17.3 Å². The van der Waals surface area contributed by atoms with Crippen molar-refractivity contribution >= 4 is 5.91 Å². The molecule has 0 bridgehead atoms. The number of nitrogens with one attached hydrogen (secondary N) is 1.